The van der Waals surface area contributed by atoms with Gasteiger partial charge in [0.1, 0.15) is 5.92 Å². The normalized spacial score (nSPS) is 21.9. The Morgan fingerprint density at radius 2 is 1.56 bits per heavy atom. The molecule has 4 rings (SSSR count). The number of rotatable bonds is 4. The molecule has 1 fully saturated rings. The van der Waals surface area contributed by atoms with E-state index in [4.69, 9.17) is 0 Å². The topological polar surface area (TPSA) is 61.4 Å². The highest BCUT2D eigenvalue weighted by Crippen LogP contribution is 2.46. The molecule has 0 amide bonds. The highest BCUT2D eigenvalue weighted by Gasteiger charge is 2.55. The van der Waals surface area contributed by atoms with Crippen molar-refractivity contribution >= 4 is 17.3 Å². The zero-order chi connectivity index (χ0) is 17.3. The molecule has 25 heavy (non-hydrogen) atoms. The first kappa shape index (κ1) is 16.0. The van der Waals surface area contributed by atoms with Crippen molar-refractivity contribution in [3.05, 3.63) is 94.2 Å². The summed E-state index contributed by atoms with van der Waals surface area (Å²) in [6.45, 7) is 0. The van der Waals surface area contributed by atoms with E-state index in [1.54, 1.807) is 11.3 Å². The van der Waals surface area contributed by atoms with Crippen LogP contribution in [-0.2, 0) is 10.3 Å². The van der Waals surface area contributed by atoms with Crippen LogP contribution in [0.1, 0.15) is 22.7 Å². The second-order valence-corrected chi connectivity index (χ2v) is 6.94. The molecule has 1 saturated heterocycles. The largest absolute Gasteiger partial charge is 0.481 e. The van der Waals surface area contributed by atoms with Gasteiger partial charge < -0.3 is 5.11 Å². The van der Waals surface area contributed by atoms with Gasteiger partial charge in [0.25, 0.3) is 0 Å². The Morgan fingerprint density at radius 1 is 0.960 bits per heavy atom. The molecule has 5 heteroatoms. The van der Waals surface area contributed by atoms with Crippen molar-refractivity contribution in [2.75, 3.05) is 0 Å². The lowest BCUT2D eigenvalue weighted by molar-refractivity contribution is -0.143. The SMILES string of the molecule is O=C(O)C1C(c2ccsc2)NNC1(c1ccccc1)c1ccccc1. The van der Waals surface area contributed by atoms with Gasteiger partial charge in [-0.15, -0.1) is 0 Å². The van der Waals surface area contributed by atoms with Crippen molar-refractivity contribution in [3.8, 4) is 0 Å². The van der Waals surface area contributed by atoms with Gasteiger partial charge in [0, 0.05) is 0 Å². The Morgan fingerprint density at radius 3 is 2.04 bits per heavy atom. The lowest BCUT2D eigenvalue weighted by atomic mass is 9.71. The van der Waals surface area contributed by atoms with E-state index in [0.29, 0.717) is 0 Å². The van der Waals surface area contributed by atoms with E-state index in [2.05, 4.69) is 10.9 Å². The van der Waals surface area contributed by atoms with Gasteiger partial charge in [-0.05, 0) is 33.5 Å². The Balaban J connectivity index is 1.93. The standard InChI is InChI=1S/C20H18N2O2S/c23-19(24)17-18(14-11-12-25-13-14)21-22-20(17,15-7-3-1-4-8-15)16-9-5-2-6-10-16/h1-13,17-18,21-22H,(H,23,24). The molecule has 126 valence electrons. The molecule has 1 aromatic heterocycles. The number of carbonyl (C=O) groups is 1. The third-order valence-corrected chi connectivity index (χ3v) is 5.55. The third kappa shape index (κ3) is 2.57. The first-order valence-corrected chi connectivity index (χ1v) is 9.06. The molecule has 0 radical (unpaired) electrons. The molecule has 2 atom stereocenters. The summed E-state index contributed by atoms with van der Waals surface area (Å²) in [5, 5.41) is 14.1. The third-order valence-electron chi connectivity index (χ3n) is 4.85. The zero-order valence-electron chi connectivity index (χ0n) is 13.4. The maximum Gasteiger partial charge on any atom is 0.311 e. The summed E-state index contributed by atoms with van der Waals surface area (Å²) in [5.41, 5.74) is 8.60. The zero-order valence-corrected chi connectivity index (χ0v) is 14.2. The first-order chi connectivity index (χ1) is 12.2. The lowest BCUT2D eigenvalue weighted by Crippen LogP contribution is -2.47. The minimum atomic E-state index is -0.846. The number of benzene rings is 2. The molecule has 1 aliphatic rings. The lowest BCUT2D eigenvalue weighted by Gasteiger charge is -2.34. The van der Waals surface area contributed by atoms with E-state index in [0.717, 1.165) is 16.7 Å². The molecule has 0 saturated carbocycles. The molecule has 2 heterocycles. The second kappa shape index (κ2) is 6.44. The number of aliphatic carboxylic acids is 1. The van der Waals surface area contributed by atoms with Crippen LogP contribution in [0.2, 0.25) is 0 Å². The number of carboxylic acid groups (broad SMARTS) is 1. The van der Waals surface area contributed by atoms with Crippen molar-refractivity contribution in [1.29, 1.82) is 0 Å². The molecule has 2 aromatic carbocycles. The molecule has 0 bridgehead atoms. The molecule has 2 unspecified atom stereocenters. The van der Waals surface area contributed by atoms with E-state index in [1.807, 2.05) is 77.5 Å². The van der Waals surface area contributed by atoms with E-state index < -0.39 is 17.4 Å². The van der Waals surface area contributed by atoms with Gasteiger partial charge in [-0.2, -0.15) is 11.3 Å². The van der Waals surface area contributed by atoms with Crippen molar-refractivity contribution < 1.29 is 9.90 Å². The van der Waals surface area contributed by atoms with Gasteiger partial charge in [-0.1, -0.05) is 60.7 Å². The highest BCUT2D eigenvalue weighted by molar-refractivity contribution is 7.08. The minimum Gasteiger partial charge on any atom is -0.481 e. The summed E-state index contributed by atoms with van der Waals surface area (Å²) >= 11 is 1.57. The van der Waals surface area contributed by atoms with Gasteiger partial charge in [0.05, 0.1) is 11.6 Å². The summed E-state index contributed by atoms with van der Waals surface area (Å²) in [4.78, 5) is 12.4. The second-order valence-electron chi connectivity index (χ2n) is 6.16. The van der Waals surface area contributed by atoms with Crippen molar-refractivity contribution in [2.45, 2.75) is 11.6 Å². The molecule has 3 N–H and O–H groups in total. The van der Waals surface area contributed by atoms with E-state index in [9.17, 15) is 9.90 Å². The predicted molar refractivity (Wildman–Crippen MR) is 98.1 cm³/mol. The number of hydrogen-bond acceptors (Lipinski definition) is 4. The fourth-order valence-electron chi connectivity index (χ4n) is 3.73. The van der Waals surface area contributed by atoms with Crippen molar-refractivity contribution in [1.82, 2.24) is 10.9 Å². The van der Waals surface area contributed by atoms with Crippen LogP contribution < -0.4 is 10.9 Å². The highest BCUT2D eigenvalue weighted by atomic mass is 32.1. The van der Waals surface area contributed by atoms with Gasteiger partial charge in [0.15, 0.2) is 0 Å². The molecule has 0 aliphatic carbocycles. The summed E-state index contributed by atoms with van der Waals surface area (Å²) in [5.74, 6) is -1.52. The molecule has 0 spiro atoms. The number of hydrazine groups is 1. The quantitative estimate of drug-likeness (QED) is 0.673. The molecular weight excluding hydrogens is 332 g/mol. The average Bonchev–Trinajstić information content (AvgIpc) is 3.31. The Labute approximate surface area is 150 Å². The summed E-state index contributed by atoms with van der Waals surface area (Å²) < 4.78 is 0. The summed E-state index contributed by atoms with van der Waals surface area (Å²) in [6, 6.07) is 21.2. The molecule has 4 nitrogen and oxygen atoms in total. The number of carboxylic acids is 1. The maximum atomic E-state index is 12.4. The van der Waals surface area contributed by atoms with Crippen LogP contribution in [0.25, 0.3) is 0 Å². The van der Waals surface area contributed by atoms with Gasteiger partial charge in [0.2, 0.25) is 0 Å². The van der Waals surface area contributed by atoms with Crippen LogP contribution in [0, 0.1) is 5.92 Å². The van der Waals surface area contributed by atoms with Crippen molar-refractivity contribution in [3.63, 3.8) is 0 Å². The van der Waals surface area contributed by atoms with E-state index >= 15 is 0 Å². The summed E-state index contributed by atoms with van der Waals surface area (Å²) in [7, 11) is 0. The van der Waals surface area contributed by atoms with Gasteiger partial charge in [-0.25, -0.2) is 10.9 Å². The Hall–Kier alpha value is -2.47. The Bertz CT molecular complexity index is 810. The van der Waals surface area contributed by atoms with Crippen molar-refractivity contribution in [2.24, 2.45) is 5.92 Å². The molecule has 3 aromatic rings. The van der Waals surface area contributed by atoms with Crippen LogP contribution in [0.3, 0.4) is 0 Å². The average molecular weight is 350 g/mol. The van der Waals surface area contributed by atoms with E-state index in [1.165, 1.54) is 0 Å². The fourth-order valence-corrected chi connectivity index (χ4v) is 4.43. The number of nitrogens with one attached hydrogen (secondary N) is 2. The molecule has 1 aliphatic heterocycles. The predicted octanol–water partition coefficient (Wildman–Crippen LogP) is 3.54. The summed E-state index contributed by atoms with van der Waals surface area (Å²) in [6.07, 6.45) is 0. The Kier molecular flexibility index (Phi) is 4.13. The number of hydrogen-bond donors (Lipinski definition) is 3. The maximum absolute atomic E-state index is 12.4. The van der Waals surface area contributed by atoms with Crippen LogP contribution in [0.15, 0.2) is 77.5 Å². The van der Waals surface area contributed by atoms with Crippen LogP contribution in [-0.4, -0.2) is 11.1 Å². The van der Waals surface area contributed by atoms with E-state index in [-0.39, 0.29) is 6.04 Å². The van der Waals surface area contributed by atoms with Crippen LogP contribution >= 0.6 is 11.3 Å². The monoisotopic (exact) mass is 350 g/mol. The van der Waals surface area contributed by atoms with Gasteiger partial charge in [-0.3, -0.25) is 4.79 Å². The molecular formula is C20H18N2O2S. The minimum absolute atomic E-state index is 0.316. The fraction of sp³-hybridized carbons (Fsp3) is 0.150. The van der Waals surface area contributed by atoms with Gasteiger partial charge >= 0.3 is 5.97 Å². The number of thiophene rings is 1. The van der Waals surface area contributed by atoms with Crippen LogP contribution in [0.5, 0.6) is 0 Å². The first-order valence-electron chi connectivity index (χ1n) is 8.12. The smallest absolute Gasteiger partial charge is 0.311 e. The van der Waals surface area contributed by atoms with Crippen LogP contribution in [0.4, 0.5) is 0 Å².